The van der Waals surface area contributed by atoms with E-state index < -0.39 is 0 Å². The first-order valence-corrected chi connectivity index (χ1v) is 8.70. The molecule has 3 rings (SSSR count). The molecule has 0 saturated heterocycles. The topological polar surface area (TPSA) is 58.2 Å². The van der Waals surface area contributed by atoms with Crippen molar-refractivity contribution in [2.75, 3.05) is 7.05 Å². The first-order chi connectivity index (χ1) is 11.5. The number of carbonyl (C=O) groups excluding carboxylic acids is 2. The molecule has 2 N–H and O–H groups in total. The second-order valence-corrected chi connectivity index (χ2v) is 6.97. The lowest BCUT2D eigenvalue weighted by Crippen LogP contribution is -2.34. The second kappa shape index (κ2) is 6.77. The second-order valence-electron chi connectivity index (χ2n) is 6.05. The molecule has 0 spiro atoms. The van der Waals surface area contributed by atoms with E-state index in [1.807, 2.05) is 36.4 Å². The lowest BCUT2D eigenvalue weighted by Gasteiger charge is -2.16. The molecule has 124 valence electrons. The number of amides is 2. The fourth-order valence-corrected chi connectivity index (χ4v) is 3.23. The first kappa shape index (κ1) is 16.7. The minimum Gasteiger partial charge on any atom is -0.355 e. The van der Waals surface area contributed by atoms with Gasteiger partial charge in [0, 0.05) is 23.6 Å². The van der Waals surface area contributed by atoms with E-state index in [4.69, 9.17) is 0 Å². The van der Waals surface area contributed by atoms with Gasteiger partial charge >= 0.3 is 0 Å². The largest absolute Gasteiger partial charge is 0.355 e. The third-order valence-corrected chi connectivity index (χ3v) is 4.95. The van der Waals surface area contributed by atoms with Crippen molar-refractivity contribution in [1.29, 1.82) is 0 Å². The normalized spacial score (nSPS) is 14.8. The summed E-state index contributed by atoms with van der Waals surface area (Å²) in [6.07, 6.45) is 1.76. The van der Waals surface area contributed by atoms with E-state index in [2.05, 4.69) is 26.6 Å². The molecular weight excluding hydrogens is 368 g/mol. The molecule has 1 fully saturated rings. The van der Waals surface area contributed by atoms with Crippen LogP contribution in [-0.2, 0) is 16.8 Å². The highest BCUT2D eigenvalue weighted by atomic mass is 79.9. The molecule has 0 unspecified atom stereocenters. The maximum Gasteiger partial charge on any atom is 0.251 e. The summed E-state index contributed by atoms with van der Waals surface area (Å²) in [4.78, 5) is 24.2. The quantitative estimate of drug-likeness (QED) is 0.828. The van der Waals surface area contributed by atoms with Crippen LogP contribution in [0.15, 0.2) is 53.0 Å². The molecule has 24 heavy (non-hydrogen) atoms. The van der Waals surface area contributed by atoms with Crippen LogP contribution in [0, 0.1) is 0 Å². The fraction of sp³-hybridized carbons (Fsp3) is 0.263. The summed E-state index contributed by atoms with van der Waals surface area (Å²) in [5.74, 6) is -0.0480. The maximum atomic E-state index is 12.6. The van der Waals surface area contributed by atoms with Crippen LogP contribution in [0.1, 0.15) is 34.3 Å². The fourth-order valence-electron chi connectivity index (χ4n) is 2.83. The Morgan fingerprint density at radius 2 is 1.83 bits per heavy atom. The van der Waals surface area contributed by atoms with Crippen LogP contribution in [0.2, 0.25) is 0 Å². The smallest absolute Gasteiger partial charge is 0.251 e. The minimum absolute atomic E-state index is 0.0657. The number of nitrogens with one attached hydrogen (secondary N) is 2. The van der Waals surface area contributed by atoms with Crippen LogP contribution >= 0.6 is 15.9 Å². The van der Waals surface area contributed by atoms with E-state index in [9.17, 15) is 9.59 Å². The zero-order valence-corrected chi connectivity index (χ0v) is 15.0. The summed E-state index contributed by atoms with van der Waals surface area (Å²) in [6, 6.07) is 15.2. The SMILES string of the molecule is CNC(=O)c1ccc(CNC(=O)C2(c3cccc(Br)c3)CC2)cc1. The van der Waals surface area contributed by atoms with E-state index >= 15 is 0 Å². The average Bonchev–Trinajstić information content (AvgIpc) is 3.41. The van der Waals surface area contributed by atoms with Gasteiger partial charge in [-0.15, -0.1) is 0 Å². The van der Waals surface area contributed by atoms with Crippen molar-refractivity contribution in [3.8, 4) is 0 Å². The molecule has 4 nitrogen and oxygen atoms in total. The molecule has 2 aromatic carbocycles. The van der Waals surface area contributed by atoms with Crippen LogP contribution in [0.25, 0.3) is 0 Å². The van der Waals surface area contributed by atoms with E-state index in [1.165, 1.54) is 0 Å². The zero-order chi connectivity index (χ0) is 17.2. The lowest BCUT2D eigenvalue weighted by atomic mass is 9.95. The Morgan fingerprint density at radius 3 is 2.42 bits per heavy atom. The Kier molecular flexibility index (Phi) is 4.71. The van der Waals surface area contributed by atoms with Gasteiger partial charge in [0.1, 0.15) is 0 Å². The van der Waals surface area contributed by atoms with Gasteiger partial charge in [0.05, 0.1) is 5.41 Å². The Balaban J connectivity index is 1.64. The molecule has 0 heterocycles. The van der Waals surface area contributed by atoms with Crippen molar-refractivity contribution in [1.82, 2.24) is 10.6 Å². The monoisotopic (exact) mass is 386 g/mol. The number of carbonyl (C=O) groups is 2. The van der Waals surface area contributed by atoms with Crippen molar-refractivity contribution in [2.45, 2.75) is 24.8 Å². The molecule has 2 aromatic rings. The molecule has 1 aliphatic rings. The highest BCUT2D eigenvalue weighted by Crippen LogP contribution is 2.48. The van der Waals surface area contributed by atoms with Crippen molar-refractivity contribution < 1.29 is 9.59 Å². The van der Waals surface area contributed by atoms with Crippen molar-refractivity contribution >= 4 is 27.7 Å². The molecule has 5 heteroatoms. The molecule has 1 aliphatic carbocycles. The number of benzene rings is 2. The van der Waals surface area contributed by atoms with Crippen LogP contribution in [0.5, 0.6) is 0 Å². The van der Waals surface area contributed by atoms with Gasteiger partial charge in [-0.05, 0) is 48.2 Å². The maximum absolute atomic E-state index is 12.6. The van der Waals surface area contributed by atoms with Gasteiger partial charge in [-0.1, -0.05) is 40.2 Å². The molecule has 2 amide bonds. The van der Waals surface area contributed by atoms with Gasteiger partial charge in [-0.2, -0.15) is 0 Å². The minimum atomic E-state index is -0.383. The van der Waals surface area contributed by atoms with Gasteiger partial charge in [0.25, 0.3) is 5.91 Å². The highest BCUT2D eigenvalue weighted by molar-refractivity contribution is 9.10. The van der Waals surface area contributed by atoms with Crippen LogP contribution in [-0.4, -0.2) is 18.9 Å². The molecule has 0 aromatic heterocycles. The predicted molar refractivity (Wildman–Crippen MR) is 96.7 cm³/mol. The summed E-state index contributed by atoms with van der Waals surface area (Å²) >= 11 is 3.47. The average molecular weight is 387 g/mol. The summed E-state index contributed by atoms with van der Waals surface area (Å²) < 4.78 is 0.990. The third-order valence-electron chi connectivity index (χ3n) is 4.46. The Labute approximate surface area is 149 Å². The Bertz CT molecular complexity index is 767. The van der Waals surface area contributed by atoms with Crippen LogP contribution in [0.3, 0.4) is 0 Å². The highest BCUT2D eigenvalue weighted by Gasteiger charge is 2.51. The van der Waals surface area contributed by atoms with Crippen LogP contribution < -0.4 is 10.6 Å². The third kappa shape index (κ3) is 3.36. The Hall–Kier alpha value is -2.14. The molecule has 0 atom stereocenters. The molecule has 1 saturated carbocycles. The standard InChI is InChI=1S/C19H19BrN2O2/c1-21-17(23)14-7-5-13(6-8-14)12-22-18(24)19(9-10-19)15-3-2-4-16(20)11-15/h2-8,11H,9-10,12H2,1H3,(H,21,23)(H,22,24). The molecule has 0 aliphatic heterocycles. The van der Waals surface area contributed by atoms with E-state index in [1.54, 1.807) is 19.2 Å². The van der Waals surface area contributed by atoms with Gasteiger partial charge in [-0.25, -0.2) is 0 Å². The predicted octanol–water partition coefficient (Wildman–Crippen LogP) is 3.16. The van der Waals surface area contributed by atoms with Gasteiger partial charge in [0.15, 0.2) is 0 Å². The van der Waals surface area contributed by atoms with Gasteiger partial charge in [0.2, 0.25) is 5.91 Å². The Morgan fingerprint density at radius 1 is 1.12 bits per heavy atom. The summed E-state index contributed by atoms with van der Waals surface area (Å²) in [6.45, 7) is 0.461. The number of halogens is 1. The summed E-state index contributed by atoms with van der Waals surface area (Å²) in [5, 5.41) is 5.62. The van der Waals surface area contributed by atoms with Crippen molar-refractivity contribution in [2.24, 2.45) is 0 Å². The molecular formula is C19H19BrN2O2. The van der Waals surface area contributed by atoms with Crippen LogP contribution in [0.4, 0.5) is 0 Å². The van der Waals surface area contributed by atoms with E-state index in [0.29, 0.717) is 12.1 Å². The number of hydrogen-bond acceptors (Lipinski definition) is 2. The van der Waals surface area contributed by atoms with Crippen molar-refractivity contribution in [3.63, 3.8) is 0 Å². The van der Waals surface area contributed by atoms with E-state index in [-0.39, 0.29) is 17.2 Å². The molecule has 0 bridgehead atoms. The van der Waals surface area contributed by atoms with Gasteiger partial charge in [-0.3, -0.25) is 9.59 Å². The van der Waals surface area contributed by atoms with E-state index in [0.717, 1.165) is 28.4 Å². The van der Waals surface area contributed by atoms with Crippen molar-refractivity contribution in [3.05, 3.63) is 69.7 Å². The number of rotatable bonds is 5. The van der Waals surface area contributed by atoms with Gasteiger partial charge < -0.3 is 10.6 Å². The number of hydrogen-bond donors (Lipinski definition) is 2. The summed E-state index contributed by atoms with van der Waals surface area (Å²) in [5.41, 5.74) is 2.26. The summed E-state index contributed by atoms with van der Waals surface area (Å²) in [7, 11) is 1.60. The molecule has 0 radical (unpaired) electrons. The lowest BCUT2D eigenvalue weighted by molar-refractivity contribution is -0.123. The zero-order valence-electron chi connectivity index (χ0n) is 13.4. The first-order valence-electron chi connectivity index (χ1n) is 7.90.